The van der Waals surface area contributed by atoms with Crippen molar-refractivity contribution >= 4 is 17.3 Å². The molecule has 0 bridgehead atoms. The molecule has 0 fully saturated rings. The zero-order valence-corrected chi connectivity index (χ0v) is 14.5. The Morgan fingerprint density at radius 3 is 2.46 bits per heavy atom. The molecule has 0 radical (unpaired) electrons. The van der Waals surface area contributed by atoms with E-state index in [9.17, 15) is 5.11 Å². The third-order valence-corrected chi connectivity index (χ3v) is 4.30. The maximum Gasteiger partial charge on any atom is 0.247 e. The summed E-state index contributed by atoms with van der Waals surface area (Å²) in [4.78, 5) is 4.62. The quantitative estimate of drug-likeness (QED) is 0.445. The minimum absolute atomic E-state index is 0.226. The van der Waals surface area contributed by atoms with E-state index in [1.54, 1.807) is 16.6 Å². The lowest BCUT2D eigenvalue weighted by atomic mass is 10.1. The van der Waals surface area contributed by atoms with Crippen LogP contribution in [0.5, 0.6) is 5.75 Å². The lowest BCUT2D eigenvalue weighted by Gasteiger charge is -2.03. The van der Waals surface area contributed by atoms with E-state index >= 15 is 0 Å². The Morgan fingerprint density at radius 1 is 0.929 bits per heavy atom. The van der Waals surface area contributed by atoms with E-state index in [4.69, 9.17) is 0 Å². The van der Waals surface area contributed by atoms with Gasteiger partial charge in [0.2, 0.25) is 5.95 Å². The number of hydrogen-bond donors (Lipinski definition) is 3. The number of hydrogen-bond acceptors (Lipinski definition) is 7. The topological polar surface area (TPSA) is 117 Å². The number of anilines is 2. The van der Waals surface area contributed by atoms with Gasteiger partial charge in [-0.25, -0.2) is 9.61 Å². The highest BCUT2D eigenvalue weighted by atomic mass is 16.3. The second kappa shape index (κ2) is 6.47. The van der Waals surface area contributed by atoms with E-state index in [2.05, 4.69) is 36.0 Å². The number of phenolic OH excluding ortho intramolecular Hbond substituents is 1. The fraction of sp³-hybridized carbons (Fsp3) is 0. The van der Waals surface area contributed by atoms with Crippen LogP contribution in [0.15, 0.2) is 66.9 Å². The summed E-state index contributed by atoms with van der Waals surface area (Å²) < 4.78 is 1.72. The number of rotatable bonds is 4. The Labute approximate surface area is 158 Å². The monoisotopic (exact) mass is 370 g/mol. The summed E-state index contributed by atoms with van der Waals surface area (Å²) in [6.07, 6.45) is 1.84. The van der Waals surface area contributed by atoms with Gasteiger partial charge in [-0.1, -0.05) is 12.1 Å². The Hall–Kier alpha value is -4.27. The highest BCUT2D eigenvalue weighted by molar-refractivity contribution is 5.78. The molecule has 0 saturated heterocycles. The number of aromatic nitrogens is 7. The van der Waals surface area contributed by atoms with Crippen molar-refractivity contribution < 1.29 is 5.11 Å². The molecule has 5 aromatic rings. The fourth-order valence-electron chi connectivity index (χ4n) is 2.95. The molecule has 28 heavy (non-hydrogen) atoms. The molecule has 3 heterocycles. The van der Waals surface area contributed by atoms with Crippen molar-refractivity contribution in [3.8, 4) is 28.3 Å². The van der Waals surface area contributed by atoms with Crippen molar-refractivity contribution in [2.24, 2.45) is 0 Å². The molecule has 9 heteroatoms. The zero-order chi connectivity index (χ0) is 18.9. The van der Waals surface area contributed by atoms with Crippen LogP contribution in [0.25, 0.3) is 28.2 Å². The van der Waals surface area contributed by atoms with Crippen molar-refractivity contribution in [2.45, 2.75) is 0 Å². The molecular formula is C19H14N8O. The van der Waals surface area contributed by atoms with Gasteiger partial charge in [0, 0.05) is 23.0 Å². The normalized spacial score (nSPS) is 11.0. The molecule has 136 valence electrons. The van der Waals surface area contributed by atoms with E-state index in [1.165, 1.54) is 0 Å². The maximum atomic E-state index is 9.51. The molecule has 3 aromatic heterocycles. The summed E-state index contributed by atoms with van der Waals surface area (Å²) in [6.45, 7) is 0. The number of nitrogens with one attached hydrogen (secondary N) is 2. The third kappa shape index (κ3) is 2.90. The van der Waals surface area contributed by atoms with Gasteiger partial charge in [-0.2, -0.15) is 4.98 Å². The first-order valence-corrected chi connectivity index (χ1v) is 8.52. The number of phenols is 1. The lowest BCUT2D eigenvalue weighted by Crippen LogP contribution is -1.93. The van der Waals surface area contributed by atoms with Gasteiger partial charge in [-0.15, -0.1) is 10.2 Å². The Morgan fingerprint density at radius 2 is 1.71 bits per heavy atom. The van der Waals surface area contributed by atoms with E-state index < -0.39 is 0 Å². The van der Waals surface area contributed by atoms with Crippen LogP contribution >= 0.6 is 0 Å². The molecule has 0 unspecified atom stereocenters. The average molecular weight is 370 g/mol. The Bertz CT molecular complexity index is 1230. The van der Waals surface area contributed by atoms with E-state index in [1.807, 2.05) is 54.7 Å². The fourth-order valence-corrected chi connectivity index (χ4v) is 2.95. The van der Waals surface area contributed by atoms with Crippen LogP contribution in [0.2, 0.25) is 0 Å². The number of aromatic amines is 1. The van der Waals surface area contributed by atoms with Crippen molar-refractivity contribution in [3.05, 3.63) is 66.9 Å². The molecule has 5 rings (SSSR count). The highest BCUT2D eigenvalue weighted by Crippen LogP contribution is 2.26. The van der Waals surface area contributed by atoms with Crippen LogP contribution in [-0.2, 0) is 0 Å². The van der Waals surface area contributed by atoms with Gasteiger partial charge >= 0.3 is 0 Å². The van der Waals surface area contributed by atoms with E-state index in [0.29, 0.717) is 11.8 Å². The van der Waals surface area contributed by atoms with Crippen molar-refractivity contribution in [1.29, 1.82) is 0 Å². The van der Waals surface area contributed by atoms with Gasteiger partial charge in [-0.3, -0.25) is 0 Å². The second-order valence-corrected chi connectivity index (χ2v) is 6.12. The largest absolute Gasteiger partial charge is 0.508 e. The molecular weight excluding hydrogens is 356 g/mol. The summed E-state index contributed by atoms with van der Waals surface area (Å²) in [7, 11) is 0. The van der Waals surface area contributed by atoms with Gasteiger partial charge in [-0.05, 0) is 64.5 Å². The summed E-state index contributed by atoms with van der Waals surface area (Å²) in [6, 6.07) is 18.5. The maximum absolute atomic E-state index is 9.51. The summed E-state index contributed by atoms with van der Waals surface area (Å²) >= 11 is 0. The molecule has 0 aliphatic heterocycles. The minimum atomic E-state index is 0.226. The second-order valence-electron chi connectivity index (χ2n) is 6.12. The molecule has 2 aromatic carbocycles. The zero-order valence-electron chi connectivity index (χ0n) is 14.5. The summed E-state index contributed by atoms with van der Waals surface area (Å²) in [5.41, 5.74) is 4.33. The van der Waals surface area contributed by atoms with Crippen molar-refractivity contribution in [3.63, 3.8) is 0 Å². The Kier molecular flexibility index (Phi) is 3.68. The SMILES string of the molecule is Oc1ccc(-c2cccn3nc(Nc4ccc(-c5nnn[nH]5)cc4)nc23)cc1. The van der Waals surface area contributed by atoms with Crippen LogP contribution < -0.4 is 5.32 Å². The molecule has 0 aliphatic carbocycles. The first kappa shape index (κ1) is 15.9. The van der Waals surface area contributed by atoms with Gasteiger partial charge in [0.25, 0.3) is 0 Å². The first-order chi connectivity index (χ1) is 13.8. The van der Waals surface area contributed by atoms with Crippen molar-refractivity contribution in [2.75, 3.05) is 5.32 Å². The third-order valence-electron chi connectivity index (χ3n) is 4.30. The number of benzene rings is 2. The smallest absolute Gasteiger partial charge is 0.247 e. The van der Waals surface area contributed by atoms with Gasteiger partial charge in [0.1, 0.15) is 5.75 Å². The number of H-pyrrole nitrogens is 1. The molecule has 3 N–H and O–H groups in total. The van der Waals surface area contributed by atoms with Gasteiger partial charge < -0.3 is 10.4 Å². The van der Waals surface area contributed by atoms with Crippen LogP contribution in [-0.4, -0.2) is 40.3 Å². The summed E-state index contributed by atoms with van der Waals surface area (Å²) in [5, 5.41) is 31.0. The van der Waals surface area contributed by atoms with Gasteiger partial charge in [0.15, 0.2) is 11.5 Å². The van der Waals surface area contributed by atoms with Crippen LogP contribution in [0.3, 0.4) is 0 Å². The predicted octanol–water partition coefficient (Wildman–Crippen LogP) is 3.03. The molecule has 0 aliphatic rings. The number of pyridine rings is 1. The van der Waals surface area contributed by atoms with Crippen molar-refractivity contribution in [1.82, 2.24) is 35.2 Å². The van der Waals surface area contributed by atoms with Gasteiger partial charge in [0.05, 0.1) is 0 Å². The molecule has 9 nitrogen and oxygen atoms in total. The minimum Gasteiger partial charge on any atom is -0.508 e. The van der Waals surface area contributed by atoms with Crippen LogP contribution in [0.1, 0.15) is 0 Å². The average Bonchev–Trinajstić information content (AvgIpc) is 3.38. The standard InChI is InChI=1S/C19H14N8O/c28-15-9-5-12(6-10-15)16-2-1-11-27-18(16)21-19(24-27)20-14-7-3-13(4-8-14)17-22-25-26-23-17/h1-11,28H,(H,20,24)(H,22,23,25,26). The lowest BCUT2D eigenvalue weighted by molar-refractivity contribution is 0.475. The summed E-state index contributed by atoms with van der Waals surface area (Å²) in [5.74, 6) is 1.32. The Balaban J connectivity index is 1.45. The van der Waals surface area contributed by atoms with Crippen LogP contribution in [0, 0.1) is 0 Å². The molecule has 0 saturated carbocycles. The van der Waals surface area contributed by atoms with E-state index in [0.717, 1.165) is 28.0 Å². The first-order valence-electron chi connectivity index (χ1n) is 8.52. The number of aromatic hydroxyl groups is 1. The predicted molar refractivity (Wildman–Crippen MR) is 103 cm³/mol. The molecule has 0 spiro atoms. The number of nitrogens with zero attached hydrogens (tertiary/aromatic N) is 6. The van der Waals surface area contributed by atoms with E-state index in [-0.39, 0.29) is 5.75 Å². The highest BCUT2D eigenvalue weighted by Gasteiger charge is 2.10. The molecule has 0 atom stereocenters. The molecule has 0 amide bonds. The number of tetrazole rings is 1. The number of fused-ring (bicyclic) bond motifs is 1. The van der Waals surface area contributed by atoms with Crippen LogP contribution in [0.4, 0.5) is 11.6 Å².